The normalized spacial score (nSPS) is 30.3. The number of esters is 1. The highest BCUT2D eigenvalue weighted by atomic mass is 16.5. The fraction of sp³-hybridized carbons (Fsp3) is 0.742. The first-order valence-electron chi connectivity index (χ1n) is 14.3. The van der Waals surface area contributed by atoms with Gasteiger partial charge in [-0.05, 0) is 98.3 Å². The number of ketones is 1. The topological polar surface area (TPSA) is 130 Å². The van der Waals surface area contributed by atoms with Gasteiger partial charge in [0.1, 0.15) is 11.5 Å². The molecule has 0 bridgehead atoms. The van der Waals surface area contributed by atoms with Gasteiger partial charge in [-0.15, -0.1) is 0 Å². The smallest absolute Gasteiger partial charge is 0.316 e. The Labute approximate surface area is 230 Å². The predicted molar refractivity (Wildman–Crippen MR) is 152 cm³/mol. The molecule has 0 aromatic heterocycles. The Kier molecular flexibility index (Phi) is 13.6. The number of hydrogen-bond acceptors (Lipinski definition) is 7. The number of benzene rings is 1. The van der Waals surface area contributed by atoms with Crippen LogP contribution in [0.15, 0.2) is 18.2 Å². The number of ether oxygens (including phenoxy) is 1. The van der Waals surface area contributed by atoms with E-state index in [1.54, 1.807) is 6.92 Å². The van der Waals surface area contributed by atoms with Crippen molar-refractivity contribution in [2.75, 3.05) is 7.11 Å². The molecule has 0 saturated heterocycles. The van der Waals surface area contributed by atoms with Crippen LogP contribution in [0.25, 0.3) is 0 Å². The molecule has 3 aliphatic rings. The lowest BCUT2D eigenvalue weighted by molar-refractivity contribution is -0.141. The molecule has 0 radical (unpaired) electrons. The zero-order valence-electron chi connectivity index (χ0n) is 25.0. The summed E-state index contributed by atoms with van der Waals surface area (Å²) >= 11 is 0. The Hall–Kier alpha value is -1.80. The van der Waals surface area contributed by atoms with Gasteiger partial charge >= 0.3 is 5.97 Å². The Morgan fingerprint density at radius 3 is 2.21 bits per heavy atom. The fourth-order valence-electron chi connectivity index (χ4n) is 6.32. The molecule has 2 saturated carbocycles. The van der Waals surface area contributed by atoms with Crippen molar-refractivity contribution < 1.29 is 29.6 Å². The highest BCUT2D eigenvalue weighted by Crippen LogP contribution is 2.60. The first kappa shape index (κ1) is 34.2. The van der Waals surface area contributed by atoms with E-state index < -0.39 is 30.1 Å². The zero-order valence-corrected chi connectivity index (χ0v) is 25.0. The number of nitrogens with two attached hydrogens (primary N) is 1. The van der Waals surface area contributed by atoms with Gasteiger partial charge in [0.05, 0.1) is 24.2 Å². The van der Waals surface area contributed by atoms with Crippen LogP contribution in [0.1, 0.15) is 98.1 Å². The van der Waals surface area contributed by atoms with Crippen LogP contribution in [-0.2, 0) is 16.0 Å². The van der Waals surface area contributed by atoms with Crippen LogP contribution in [0.2, 0.25) is 0 Å². The quantitative estimate of drug-likeness (QED) is 0.327. The molecule has 7 heteroatoms. The standard InChI is InChI=1S/C24H33NO5.C4H10.C2H6.CH4O/c1-12(21(25)13(2)26)23(29)30-15-5-7-16-14(10-15)4-6-18-17(16)8-9-24(3)19(18)11-20(27)22(24)28;1-4(2)3;2*1-2/h5,7,10,12,17-22,27-28H,4,6,8-9,11,25H2,1-3H3;4H,1-3H3;1-2H3;2H,1H3/t12?,17-,18-,19+,20-,21?,22?,24?;;;/m1.../s1. The molecule has 3 aliphatic carbocycles. The molecule has 8 atom stereocenters. The number of carbonyl (C=O) groups is 2. The van der Waals surface area contributed by atoms with Crippen molar-refractivity contribution in [3.05, 3.63) is 29.3 Å². The lowest BCUT2D eigenvalue weighted by Gasteiger charge is -2.49. The van der Waals surface area contributed by atoms with Crippen LogP contribution in [0.5, 0.6) is 5.75 Å². The van der Waals surface area contributed by atoms with Crippen molar-refractivity contribution in [1.29, 1.82) is 0 Å². The number of aliphatic hydroxyl groups excluding tert-OH is 3. The zero-order chi connectivity index (χ0) is 29.4. The summed E-state index contributed by atoms with van der Waals surface area (Å²) in [5, 5.41) is 27.8. The lowest BCUT2D eigenvalue weighted by atomic mass is 9.55. The lowest BCUT2D eigenvalue weighted by Crippen LogP contribution is -2.44. The SMILES string of the molecule is CC.CC(=O)C(N)C(C)C(=O)Oc1ccc2c(c1)CC[C@@H]1[C@@H]2CCC2(C)C(O)[C@H](O)C[C@@H]12.CC(C)C.CO. The van der Waals surface area contributed by atoms with Crippen LogP contribution in [0, 0.1) is 29.1 Å². The van der Waals surface area contributed by atoms with Crippen LogP contribution >= 0.6 is 0 Å². The molecule has 0 amide bonds. The number of rotatable bonds is 4. The predicted octanol–water partition coefficient (Wildman–Crippen LogP) is 4.63. The highest BCUT2D eigenvalue weighted by molar-refractivity contribution is 5.88. The van der Waals surface area contributed by atoms with Gasteiger partial charge in [0, 0.05) is 7.11 Å². The summed E-state index contributed by atoms with van der Waals surface area (Å²) in [5.74, 6) is 1.12. The number of carbonyl (C=O) groups excluding carboxylic acids is 2. The minimum atomic E-state index is -0.857. The van der Waals surface area contributed by atoms with Gasteiger partial charge in [-0.2, -0.15) is 0 Å². The molecule has 0 heterocycles. The summed E-state index contributed by atoms with van der Waals surface area (Å²) in [6, 6.07) is 4.98. The molecule has 218 valence electrons. The number of fused-ring (bicyclic) bond motifs is 5. The second kappa shape index (κ2) is 15.1. The Morgan fingerprint density at radius 1 is 1.08 bits per heavy atom. The van der Waals surface area contributed by atoms with Gasteiger partial charge in [0.25, 0.3) is 0 Å². The summed E-state index contributed by atoms with van der Waals surface area (Å²) in [6.45, 7) is 15.6. The van der Waals surface area contributed by atoms with Gasteiger partial charge in [-0.25, -0.2) is 0 Å². The molecule has 0 spiro atoms. The van der Waals surface area contributed by atoms with E-state index in [0.29, 0.717) is 29.9 Å². The van der Waals surface area contributed by atoms with Gasteiger partial charge in [-0.3, -0.25) is 9.59 Å². The summed E-state index contributed by atoms with van der Waals surface area (Å²) in [4.78, 5) is 23.8. The summed E-state index contributed by atoms with van der Waals surface area (Å²) in [6.07, 6.45) is 3.24. The number of hydrogen-bond donors (Lipinski definition) is 4. The number of Topliss-reactive ketones (excluding diaryl/α,β-unsaturated/α-hetero) is 1. The third kappa shape index (κ3) is 7.65. The largest absolute Gasteiger partial charge is 0.426 e. The maximum atomic E-state index is 12.4. The number of aryl methyl sites for hydroxylation is 1. The molecule has 1 aromatic carbocycles. The Morgan fingerprint density at radius 2 is 1.66 bits per heavy atom. The van der Waals surface area contributed by atoms with Gasteiger partial charge in [0.15, 0.2) is 0 Å². The minimum absolute atomic E-state index is 0.195. The highest BCUT2D eigenvalue weighted by Gasteiger charge is 2.57. The molecule has 0 aliphatic heterocycles. The summed E-state index contributed by atoms with van der Waals surface area (Å²) in [7, 11) is 1.00. The Balaban J connectivity index is 0.000000811. The van der Waals surface area contributed by atoms with Gasteiger partial charge in [0.2, 0.25) is 0 Å². The third-order valence-electron chi connectivity index (χ3n) is 8.27. The average molecular weight is 536 g/mol. The Bertz CT molecular complexity index is 900. The molecular weight excluding hydrogens is 482 g/mol. The number of aliphatic hydroxyl groups is 3. The van der Waals surface area contributed by atoms with E-state index >= 15 is 0 Å². The van der Waals surface area contributed by atoms with Gasteiger partial charge in [-0.1, -0.05) is 47.6 Å². The van der Waals surface area contributed by atoms with Crippen molar-refractivity contribution in [3.63, 3.8) is 0 Å². The molecule has 4 rings (SSSR count). The van der Waals surface area contributed by atoms with Gasteiger partial charge < -0.3 is 25.8 Å². The molecule has 2 fully saturated rings. The van der Waals surface area contributed by atoms with E-state index in [9.17, 15) is 19.8 Å². The summed E-state index contributed by atoms with van der Waals surface area (Å²) < 4.78 is 5.53. The van der Waals surface area contributed by atoms with E-state index in [4.69, 9.17) is 15.6 Å². The van der Waals surface area contributed by atoms with Crippen LogP contribution in [-0.4, -0.2) is 52.4 Å². The average Bonchev–Trinajstić information content (AvgIpc) is 3.13. The van der Waals surface area contributed by atoms with Crippen LogP contribution in [0.4, 0.5) is 0 Å². The van der Waals surface area contributed by atoms with E-state index in [1.807, 2.05) is 26.0 Å². The van der Waals surface area contributed by atoms with Crippen molar-refractivity contribution >= 4 is 11.8 Å². The second-order valence-corrected chi connectivity index (χ2v) is 11.6. The van der Waals surface area contributed by atoms with Crippen molar-refractivity contribution in [1.82, 2.24) is 0 Å². The van der Waals surface area contributed by atoms with Crippen molar-refractivity contribution in [3.8, 4) is 5.75 Å². The first-order valence-corrected chi connectivity index (χ1v) is 14.3. The van der Waals surface area contributed by atoms with E-state index in [0.717, 1.165) is 38.7 Å². The van der Waals surface area contributed by atoms with Crippen LogP contribution in [0.3, 0.4) is 0 Å². The second-order valence-electron chi connectivity index (χ2n) is 11.6. The molecular formula is C31H53NO6. The van der Waals surface area contributed by atoms with E-state index in [-0.39, 0.29) is 11.2 Å². The molecule has 4 unspecified atom stereocenters. The molecule has 5 N–H and O–H groups in total. The van der Waals surface area contributed by atoms with Crippen molar-refractivity contribution in [2.45, 2.75) is 112 Å². The monoisotopic (exact) mass is 535 g/mol. The maximum Gasteiger partial charge on any atom is 0.316 e. The third-order valence-corrected chi connectivity index (χ3v) is 8.27. The molecule has 7 nitrogen and oxygen atoms in total. The molecule has 1 aromatic rings. The first-order chi connectivity index (χ1) is 17.9. The maximum absolute atomic E-state index is 12.4. The summed E-state index contributed by atoms with van der Waals surface area (Å²) in [5.41, 5.74) is 8.09. The van der Waals surface area contributed by atoms with E-state index in [1.165, 1.54) is 18.1 Å². The van der Waals surface area contributed by atoms with Crippen molar-refractivity contribution in [2.24, 2.45) is 34.8 Å². The minimum Gasteiger partial charge on any atom is -0.426 e. The fourth-order valence-corrected chi connectivity index (χ4v) is 6.32. The van der Waals surface area contributed by atoms with Crippen LogP contribution < -0.4 is 10.5 Å². The molecule has 38 heavy (non-hydrogen) atoms. The van der Waals surface area contributed by atoms with E-state index in [2.05, 4.69) is 33.8 Å².